The number of nitrogens with zero attached hydrogens (tertiary/aromatic N) is 1. The fraction of sp³-hybridized carbons (Fsp3) is 0.500. The van der Waals surface area contributed by atoms with Gasteiger partial charge >= 0.3 is 5.00 Å². The fourth-order valence-electron chi connectivity index (χ4n) is 1.34. The molecule has 1 rings (SSSR count). The average Bonchev–Trinajstić information content (AvgIpc) is 2.76. The highest BCUT2D eigenvalue weighted by Gasteiger charge is 2.22. The van der Waals surface area contributed by atoms with E-state index in [0.29, 0.717) is 4.88 Å². The normalized spacial score (nSPS) is 13.9. The molecule has 0 aliphatic heterocycles. The quantitative estimate of drug-likeness (QED) is 0.518. The van der Waals surface area contributed by atoms with Crippen LogP contribution in [0.25, 0.3) is 0 Å². The third-order valence-electron chi connectivity index (χ3n) is 2.26. The Morgan fingerprint density at radius 1 is 1.56 bits per heavy atom. The maximum Gasteiger partial charge on any atom is 0.324 e. The Labute approximate surface area is 107 Å². The van der Waals surface area contributed by atoms with Gasteiger partial charge in [-0.15, -0.1) is 0 Å². The molecular formula is C10H14N2O5S. The molecule has 2 atom stereocenters. The van der Waals surface area contributed by atoms with Gasteiger partial charge in [-0.25, -0.2) is 0 Å². The van der Waals surface area contributed by atoms with Crippen LogP contribution in [0, 0.1) is 10.1 Å². The number of thiophene rings is 1. The van der Waals surface area contributed by atoms with Crippen molar-refractivity contribution in [2.24, 2.45) is 0 Å². The molecule has 8 heteroatoms. The van der Waals surface area contributed by atoms with Crippen LogP contribution in [0.4, 0.5) is 5.00 Å². The van der Waals surface area contributed by atoms with Crippen molar-refractivity contribution in [1.29, 1.82) is 0 Å². The molecule has 1 aromatic rings. The van der Waals surface area contributed by atoms with Gasteiger partial charge in [-0.05, 0) is 12.5 Å². The van der Waals surface area contributed by atoms with Crippen LogP contribution >= 0.6 is 11.3 Å². The van der Waals surface area contributed by atoms with E-state index >= 15 is 0 Å². The second-order valence-corrected chi connectivity index (χ2v) is 4.81. The molecule has 1 amide bonds. The Hall–Kier alpha value is -1.51. The van der Waals surface area contributed by atoms with Gasteiger partial charge in [-0.2, -0.15) is 0 Å². The van der Waals surface area contributed by atoms with E-state index in [4.69, 9.17) is 0 Å². The van der Waals surface area contributed by atoms with Gasteiger partial charge in [0.1, 0.15) is 6.10 Å². The van der Waals surface area contributed by atoms with E-state index in [1.165, 1.54) is 19.1 Å². The van der Waals surface area contributed by atoms with Crippen LogP contribution in [-0.4, -0.2) is 33.7 Å². The van der Waals surface area contributed by atoms with E-state index in [1.807, 2.05) is 0 Å². The third-order valence-corrected chi connectivity index (χ3v) is 3.37. The lowest BCUT2D eigenvalue weighted by molar-refractivity contribution is -0.380. The maximum atomic E-state index is 10.6. The molecule has 0 aliphatic rings. The smallest absolute Gasteiger partial charge is 0.324 e. The Morgan fingerprint density at radius 3 is 2.72 bits per heavy atom. The summed E-state index contributed by atoms with van der Waals surface area (Å²) in [5.74, 6) is -0.219. The number of amides is 1. The second-order valence-electron chi connectivity index (χ2n) is 3.72. The number of nitro groups is 1. The number of rotatable bonds is 6. The maximum absolute atomic E-state index is 10.6. The summed E-state index contributed by atoms with van der Waals surface area (Å²) in [7, 11) is 0. The molecule has 7 nitrogen and oxygen atoms in total. The number of hydrogen-bond donors (Lipinski definition) is 3. The van der Waals surface area contributed by atoms with Crippen molar-refractivity contribution in [3.8, 4) is 0 Å². The van der Waals surface area contributed by atoms with Crippen molar-refractivity contribution in [2.75, 3.05) is 6.54 Å². The summed E-state index contributed by atoms with van der Waals surface area (Å²) in [6.07, 6.45) is -2.08. The number of aliphatic hydroxyl groups excluding tert-OH is 2. The Bertz CT molecular complexity index is 434. The zero-order valence-electron chi connectivity index (χ0n) is 9.70. The first-order valence-corrected chi connectivity index (χ1v) is 6.08. The molecule has 3 N–H and O–H groups in total. The molecule has 18 heavy (non-hydrogen) atoms. The molecule has 1 aromatic heterocycles. The van der Waals surface area contributed by atoms with E-state index < -0.39 is 17.1 Å². The minimum atomic E-state index is -1.18. The summed E-state index contributed by atoms with van der Waals surface area (Å²) in [6.45, 7) is 1.59. The first kappa shape index (κ1) is 14.6. The highest BCUT2D eigenvalue weighted by Crippen LogP contribution is 2.30. The molecular weight excluding hydrogens is 260 g/mol. The Balaban J connectivity index is 2.53. The van der Waals surface area contributed by atoms with E-state index in [9.17, 15) is 25.1 Å². The largest absolute Gasteiger partial charge is 0.390 e. The van der Waals surface area contributed by atoms with E-state index in [1.54, 1.807) is 0 Å². The number of carbonyl (C=O) groups excluding carboxylic acids is 1. The van der Waals surface area contributed by atoms with Gasteiger partial charge in [-0.3, -0.25) is 14.9 Å². The van der Waals surface area contributed by atoms with Crippen LogP contribution in [0.2, 0.25) is 0 Å². The van der Waals surface area contributed by atoms with Crippen molar-refractivity contribution in [1.82, 2.24) is 5.32 Å². The van der Waals surface area contributed by atoms with Crippen LogP contribution in [-0.2, 0) is 4.79 Å². The van der Waals surface area contributed by atoms with Crippen LogP contribution in [0.5, 0.6) is 0 Å². The first-order chi connectivity index (χ1) is 8.41. The summed E-state index contributed by atoms with van der Waals surface area (Å²) < 4.78 is 0. The fourth-order valence-corrected chi connectivity index (χ4v) is 2.21. The van der Waals surface area contributed by atoms with Crippen molar-refractivity contribution in [3.63, 3.8) is 0 Å². The topological polar surface area (TPSA) is 113 Å². The van der Waals surface area contributed by atoms with Gasteiger partial charge in [0, 0.05) is 24.4 Å². The number of aliphatic hydroxyl groups is 2. The summed E-state index contributed by atoms with van der Waals surface area (Å²) in [5, 5.41) is 32.3. The van der Waals surface area contributed by atoms with E-state index in [-0.39, 0.29) is 23.9 Å². The lowest BCUT2D eigenvalue weighted by Crippen LogP contribution is -2.27. The molecule has 0 fully saturated rings. The molecule has 2 unspecified atom stereocenters. The molecule has 100 valence electrons. The zero-order chi connectivity index (χ0) is 13.7. The summed E-state index contributed by atoms with van der Waals surface area (Å²) in [5.41, 5.74) is 0. The summed E-state index contributed by atoms with van der Waals surface area (Å²) >= 11 is 0.821. The number of carbonyl (C=O) groups is 1. The van der Waals surface area contributed by atoms with Crippen LogP contribution in [0.15, 0.2) is 12.1 Å². The molecule has 0 aliphatic carbocycles. The predicted octanol–water partition coefficient (Wildman–Crippen LogP) is 0.577. The Kier molecular flexibility index (Phi) is 5.20. The van der Waals surface area contributed by atoms with Crippen molar-refractivity contribution >= 4 is 22.2 Å². The lowest BCUT2D eigenvalue weighted by Gasteiger charge is -2.16. The minimum Gasteiger partial charge on any atom is -0.390 e. The molecule has 0 saturated heterocycles. The molecule has 1 heterocycles. The monoisotopic (exact) mass is 274 g/mol. The Morgan fingerprint density at radius 2 is 2.22 bits per heavy atom. The van der Waals surface area contributed by atoms with Crippen molar-refractivity contribution in [3.05, 3.63) is 27.1 Å². The average molecular weight is 274 g/mol. The highest BCUT2D eigenvalue weighted by atomic mass is 32.1. The first-order valence-electron chi connectivity index (χ1n) is 5.26. The third kappa shape index (κ3) is 4.06. The van der Waals surface area contributed by atoms with Crippen LogP contribution in [0.1, 0.15) is 24.3 Å². The molecule has 0 saturated carbocycles. The van der Waals surface area contributed by atoms with Gasteiger partial charge in [-0.1, -0.05) is 11.3 Å². The SMILES string of the molecule is CC(=O)NCCC(O)C(O)c1ccc([N+](=O)[O-])s1. The van der Waals surface area contributed by atoms with E-state index in [2.05, 4.69) is 5.32 Å². The van der Waals surface area contributed by atoms with Crippen LogP contribution in [0.3, 0.4) is 0 Å². The molecule has 0 radical (unpaired) electrons. The van der Waals surface area contributed by atoms with Gasteiger partial charge in [0.05, 0.1) is 11.0 Å². The van der Waals surface area contributed by atoms with Gasteiger partial charge in [0.2, 0.25) is 5.91 Å². The molecule has 0 aromatic carbocycles. The van der Waals surface area contributed by atoms with Crippen molar-refractivity contribution in [2.45, 2.75) is 25.6 Å². The molecule has 0 bridgehead atoms. The molecule has 0 spiro atoms. The second kappa shape index (κ2) is 6.43. The predicted molar refractivity (Wildman–Crippen MR) is 65.2 cm³/mol. The summed E-state index contributed by atoms with van der Waals surface area (Å²) in [4.78, 5) is 20.9. The highest BCUT2D eigenvalue weighted by molar-refractivity contribution is 7.15. The standard InChI is InChI=1S/C10H14N2O5S/c1-6(13)11-5-4-7(14)10(15)8-2-3-9(18-8)12(16)17/h2-3,7,10,14-15H,4-5H2,1H3,(H,11,13). The minimum absolute atomic E-state index is 0.0851. The van der Waals surface area contributed by atoms with Gasteiger partial charge < -0.3 is 15.5 Å². The van der Waals surface area contributed by atoms with Gasteiger partial charge in [0.25, 0.3) is 0 Å². The zero-order valence-corrected chi connectivity index (χ0v) is 10.5. The lowest BCUT2D eigenvalue weighted by atomic mass is 10.1. The van der Waals surface area contributed by atoms with Gasteiger partial charge in [0.15, 0.2) is 0 Å². The number of hydrogen-bond acceptors (Lipinski definition) is 6. The van der Waals surface area contributed by atoms with Crippen molar-refractivity contribution < 1.29 is 19.9 Å². The number of nitrogens with one attached hydrogen (secondary N) is 1. The summed E-state index contributed by atoms with van der Waals surface area (Å²) in [6, 6.07) is 2.69. The van der Waals surface area contributed by atoms with Crippen LogP contribution < -0.4 is 5.32 Å². The van der Waals surface area contributed by atoms with E-state index in [0.717, 1.165) is 11.3 Å².